The number of phenols is 1. The molecule has 0 heterocycles. The van der Waals surface area contributed by atoms with Crippen molar-refractivity contribution in [1.29, 1.82) is 0 Å². The van der Waals surface area contributed by atoms with E-state index in [0.29, 0.717) is 0 Å². The van der Waals surface area contributed by atoms with Crippen LogP contribution < -0.4 is 21.1 Å². The first-order valence-corrected chi connectivity index (χ1v) is 12.5. The molecule has 1 aromatic carbocycles. The van der Waals surface area contributed by atoms with E-state index < -0.39 is 46.4 Å². The number of anilines is 1. The molecule has 0 aliphatic rings. The van der Waals surface area contributed by atoms with E-state index in [2.05, 4.69) is 20.3 Å². The fourth-order valence-corrected chi connectivity index (χ4v) is 3.31. The van der Waals surface area contributed by atoms with Crippen LogP contribution in [-0.4, -0.2) is 91.6 Å². The van der Waals surface area contributed by atoms with Gasteiger partial charge in [0.15, 0.2) is 11.5 Å². The minimum absolute atomic E-state index is 0.00980. The Hall–Kier alpha value is -4.78. The van der Waals surface area contributed by atoms with Gasteiger partial charge in [0, 0.05) is 25.8 Å². The van der Waals surface area contributed by atoms with Crippen LogP contribution in [0.4, 0.5) is 5.69 Å². The molecule has 0 saturated heterocycles. The van der Waals surface area contributed by atoms with Crippen molar-refractivity contribution in [3.63, 3.8) is 0 Å². The van der Waals surface area contributed by atoms with Crippen LogP contribution in [-0.2, 0) is 33.5 Å². The van der Waals surface area contributed by atoms with Crippen molar-refractivity contribution in [2.24, 2.45) is 5.73 Å². The van der Waals surface area contributed by atoms with Crippen LogP contribution in [0.2, 0.25) is 0 Å². The number of rotatable bonds is 23. The molecule has 0 radical (unpaired) electrons. The van der Waals surface area contributed by atoms with Crippen LogP contribution in [0.5, 0.6) is 11.5 Å². The van der Waals surface area contributed by atoms with E-state index in [4.69, 9.17) is 19.9 Å². The number of carbonyl (C=O) groups excluding carboxylic acids is 4. The molecule has 19 heteroatoms. The highest BCUT2D eigenvalue weighted by Gasteiger charge is 2.20. The minimum atomic E-state index is -1.18. The first-order valence-electron chi connectivity index (χ1n) is 12.5. The maximum absolute atomic E-state index is 12.1. The third-order valence-electron chi connectivity index (χ3n) is 5.25. The second-order valence-corrected chi connectivity index (χ2v) is 8.37. The van der Waals surface area contributed by atoms with Crippen LogP contribution in [0, 0.1) is 20.2 Å². The summed E-state index contributed by atoms with van der Waals surface area (Å²) in [6.07, 6.45) is -1.38. The summed E-state index contributed by atoms with van der Waals surface area (Å²) >= 11 is 0. The van der Waals surface area contributed by atoms with Crippen LogP contribution in [0.15, 0.2) is 12.1 Å². The number of methoxy groups -OCH3 is 1. The van der Waals surface area contributed by atoms with Gasteiger partial charge in [0.25, 0.3) is 16.1 Å². The molecule has 0 aromatic heterocycles. The molecular formula is C23H33N5O14. The molecule has 0 bridgehead atoms. The Labute approximate surface area is 238 Å². The number of aromatic hydroxyl groups is 1. The Morgan fingerprint density at radius 2 is 1.69 bits per heavy atom. The summed E-state index contributed by atoms with van der Waals surface area (Å²) in [6, 6.07) is 2.67. The maximum Gasteiger partial charge on any atom is 0.294 e. The van der Waals surface area contributed by atoms with Crippen molar-refractivity contribution in [3.8, 4) is 11.5 Å². The Balaban J connectivity index is 2.15. The molecule has 0 saturated carbocycles. The molecule has 3 amide bonds. The second kappa shape index (κ2) is 19.3. The lowest BCUT2D eigenvalue weighted by Gasteiger charge is -2.13. The number of amides is 3. The van der Waals surface area contributed by atoms with Crippen molar-refractivity contribution in [2.45, 2.75) is 38.2 Å². The quantitative estimate of drug-likeness (QED) is 0.0550. The van der Waals surface area contributed by atoms with Gasteiger partial charge in [-0.1, -0.05) is 0 Å². The van der Waals surface area contributed by atoms with E-state index in [0.717, 1.165) is 0 Å². The van der Waals surface area contributed by atoms with Crippen molar-refractivity contribution in [1.82, 2.24) is 5.32 Å². The van der Waals surface area contributed by atoms with Gasteiger partial charge < -0.3 is 45.4 Å². The van der Waals surface area contributed by atoms with Gasteiger partial charge in [0.1, 0.15) is 30.6 Å². The molecule has 0 fully saturated rings. The molecule has 42 heavy (non-hydrogen) atoms. The molecule has 234 valence electrons. The molecular weight excluding hydrogens is 570 g/mol. The molecule has 1 unspecified atom stereocenters. The molecule has 0 aliphatic heterocycles. The Morgan fingerprint density at radius 3 is 2.33 bits per heavy atom. The first-order chi connectivity index (χ1) is 19.9. The summed E-state index contributed by atoms with van der Waals surface area (Å²) in [5, 5.41) is 33.6. The monoisotopic (exact) mass is 603 g/mol. The number of nitrogens with two attached hydrogens (primary N) is 1. The van der Waals surface area contributed by atoms with Gasteiger partial charge in [0.05, 0.1) is 32.6 Å². The van der Waals surface area contributed by atoms with Gasteiger partial charge in [-0.3, -0.25) is 19.2 Å². The van der Waals surface area contributed by atoms with Crippen LogP contribution in [0.25, 0.3) is 0 Å². The molecule has 0 aliphatic carbocycles. The average Bonchev–Trinajstić information content (AvgIpc) is 2.92. The Kier molecular flexibility index (Phi) is 16.2. The number of primary amides is 1. The zero-order chi connectivity index (χ0) is 31.5. The number of Topliss-reactive ketones (excluding diaryl/α,β-unsaturated/α-hetero) is 1. The number of benzene rings is 1. The summed E-state index contributed by atoms with van der Waals surface area (Å²) in [5.74, 6) is -2.77. The van der Waals surface area contributed by atoms with E-state index in [1.54, 1.807) is 0 Å². The molecule has 5 N–H and O–H groups in total. The third-order valence-corrected chi connectivity index (χ3v) is 5.25. The molecule has 19 nitrogen and oxygen atoms in total. The lowest BCUT2D eigenvalue weighted by atomic mass is 10.1. The summed E-state index contributed by atoms with van der Waals surface area (Å²) in [4.78, 5) is 76.4. The molecule has 1 atom stereocenters. The van der Waals surface area contributed by atoms with Gasteiger partial charge >= 0.3 is 0 Å². The van der Waals surface area contributed by atoms with Gasteiger partial charge in [0.2, 0.25) is 11.8 Å². The van der Waals surface area contributed by atoms with E-state index >= 15 is 0 Å². The van der Waals surface area contributed by atoms with Gasteiger partial charge in [-0.05, 0) is 25.0 Å². The van der Waals surface area contributed by atoms with E-state index in [1.807, 2.05) is 0 Å². The standard InChI is InChI=1S/C23H33N5O14/c1-38-18-6-5-17(22(32)21(18)23(24)33)26-20(31)8-7-19(30)25-9-10-39-11-12-40-13-15(29)3-2-4-16(42-28(36)37)14-41-27(34)35/h5-6,16,32H,2-4,7-14H2,1H3,(H2,24,33)(H,25,30)(H,26,31). The Bertz CT molecular complexity index is 1100. The number of hydrogen-bond acceptors (Lipinski definition) is 14. The highest BCUT2D eigenvalue weighted by Crippen LogP contribution is 2.34. The molecule has 0 spiro atoms. The van der Waals surface area contributed by atoms with E-state index in [9.17, 15) is 44.5 Å². The van der Waals surface area contributed by atoms with Crippen molar-refractivity contribution in [2.75, 3.05) is 52.0 Å². The Morgan fingerprint density at radius 1 is 1.00 bits per heavy atom. The topological polar surface area (TPSA) is 271 Å². The number of carbonyl (C=O) groups is 4. The normalized spacial score (nSPS) is 11.2. The zero-order valence-electron chi connectivity index (χ0n) is 22.7. The van der Waals surface area contributed by atoms with Crippen molar-refractivity contribution in [3.05, 3.63) is 37.9 Å². The second-order valence-electron chi connectivity index (χ2n) is 8.37. The van der Waals surface area contributed by atoms with Crippen LogP contribution in [0.1, 0.15) is 42.5 Å². The van der Waals surface area contributed by atoms with Crippen molar-refractivity contribution >= 4 is 29.2 Å². The molecule has 1 aromatic rings. The highest BCUT2D eigenvalue weighted by molar-refractivity contribution is 6.02. The molecule has 1 rings (SSSR count). The number of nitrogens with zero attached hydrogens (tertiary/aromatic N) is 2. The summed E-state index contributed by atoms with van der Waals surface area (Å²) in [6.45, 7) is -0.377. The van der Waals surface area contributed by atoms with Crippen LogP contribution in [0.3, 0.4) is 0 Å². The predicted molar refractivity (Wildman–Crippen MR) is 139 cm³/mol. The fourth-order valence-electron chi connectivity index (χ4n) is 3.31. The predicted octanol–water partition coefficient (Wildman–Crippen LogP) is -0.108. The van der Waals surface area contributed by atoms with Gasteiger partial charge in [-0.15, -0.1) is 20.2 Å². The first kappa shape index (κ1) is 35.2. The lowest BCUT2D eigenvalue weighted by molar-refractivity contribution is -0.790. The average molecular weight is 604 g/mol. The van der Waals surface area contributed by atoms with Crippen LogP contribution >= 0.6 is 0 Å². The number of hydrogen-bond donors (Lipinski definition) is 4. The number of ketones is 1. The third kappa shape index (κ3) is 14.6. The van der Waals surface area contributed by atoms with E-state index in [1.165, 1.54) is 19.2 Å². The summed E-state index contributed by atoms with van der Waals surface area (Å²) < 4.78 is 15.4. The summed E-state index contributed by atoms with van der Waals surface area (Å²) in [7, 11) is 1.29. The highest BCUT2D eigenvalue weighted by atomic mass is 17.0. The van der Waals surface area contributed by atoms with E-state index in [-0.39, 0.29) is 87.9 Å². The van der Waals surface area contributed by atoms with Gasteiger partial charge in [-0.2, -0.15) is 0 Å². The largest absolute Gasteiger partial charge is 0.505 e. The summed E-state index contributed by atoms with van der Waals surface area (Å²) in [5.41, 5.74) is 4.87. The smallest absolute Gasteiger partial charge is 0.294 e. The van der Waals surface area contributed by atoms with Gasteiger partial charge in [-0.25, -0.2) is 0 Å². The number of nitrogens with one attached hydrogen (secondary N) is 2. The SMILES string of the molecule is COc1ccc(NC(=O)CCC(=O)NCCOCCOCC(=O)CCCC(CO[N+](=O)[O-])O[N+](=O)[O-])c(O)c1C(N)=O. The zero-order valence-corrected chi connectivity index (χ0v) is 22.7. The maximum atomic E-state index is 12.1. The number of ether oxygens (including phenoxy) is 3. The van der Waals surface area contributed by atoms with Crippen molar-refractivity contribution < 1.29 is 58.3 Å². The lowest BCUT2D eigenvalue weighted by Crippen LogP contribution is -2.28. The fraction of sp³-hybridized carbons (Fsp3) is 0.565. The minimum Gasteiger partial charge on any atom is -0.505 e.